The number of aliphatic hydroxyl groups excluding tert-OH is 1. The molecule has 15 heteroatoms. The minimum atomic E-state index is -0.627. The maximum absolute atomic E-state index is 12.2. The molecule has 1 aliphatic heterocycles. The van der Waals surface area contributed by atoms with Gasteiger partial charge in [-0.3, -0.25) is 4.79 Å². The van der Waals surface area contributed by atoms with Gasteiger partial charge >= 0.3 is 0 Å². The van der Waals surface area contributed by atoms with Crippen molar-refractivity contribution in [2.75, 3.05) is 11.0 Å². The van der Waals surface area contributed by atoms with Crippen LogP contribution in [0.4, 0.5) is 5.82 Å². The number of aliphatic hydroxyl groups is 1. The maximum atomic E-state index is 12.2. The number of anilines is 1. The Kier molecular flexibility index (Phi) is 8.86. The van der Waals surface area contributed by atoms with Gasteiger partial charge < -0.3 is 23.8 Å². The lowest BCUT2D eigenvalue weighted by molar-refractivity contribution is -0.113. The zero-order chi connectivity index (χ0) is 24.2. The van der Waals surface area contributed by atoms with E-state index in [1.165, 1.54) is 6.33 Å². The lowest BCUT2D eigenvalue weighted by atomic mass is 10.0. The first-order valence-corrected chi connectivity index (χ1v) is 12.5. The predicted molar refractivity (Wildman–Crippen MR) is 142 cm³/mol. The van der Waals surface area contributed by atoms with Gasteiger partial charge in [0.1, 0.15) is 36.0 Å². The lowest BCUT2D eigenvalue weighted by Gasteiger charge is -2.26. The van der Waals surface area contributed by atoms with Crippen molar-refractivity contribution in [3.8, 4) is 0 Å². The fourth-order valence-electron chi connectivity index (χ4n) is 3.89. The summed E-state index contributed by atoms with van der Waals surface area (Å²) in [5.74, 6) is 1.12. The molecule has 182 valence electrons. The van der Waals surface area contributed by atoms with E-state index in [1.54, 1.807) is 4.44 Å². The van der Waals surface area contributed by atoms with Crippen LogP contribution in [-0.4, -0.2) is 61.5 Å². The van der Waals surface area contributed by atoms with Crippen molar-refractivity contribution in [2.24, 2.45) is 0 Å². The van der Waals surface area contributed by atoms with Crippen molar-refractivity contribution >= 4 is 60.0 Å². The second-order valence-electron chi connectivity index (χ2n) is 7.76. The molecule has 4 rings (SSSR count). The smallest absolute Gasteiger partial charge is 0.183 e. The maximum Gasteiger partial charge on any atom is 0.183 e. The van der Waals surface area contributed by atoms with Crippen LogP contribution < -0.4 is 15.3 Å². The number of aromatic nitrogens is 4. The molecule has 9 atom stereocenters. The fourth-order valence-corrected chi connectivity index (χ4v) is 4.80. The van der Waals surface area contributed by atoms with E-state index >= 15 is 0 Å². The Labute approximate surface area is 205 Å². The quantitative estimate of drug-likeness (QED) is 0.216. The number of hydrazine groups is 1. The number of aromatic amines is 1. The number of benzene rings is 1. The van der Waals surface area contributed by atoms with E-state index in [0.29, 0.717) is 29.2 Å². The fraction of sp³-hybridized carbons (Fsp3) is 0.368. The monoisotopic (exact) mass is 541 g/mol. The molecule has 0 spiro atoms. The average Bonchev–Trinajstić information content (AvgIpc) is 3.42. The molecule has 1 aliphatic rings. The van der Waals surface area contributed by atoms with Crippen LogP contribution in [0.2, 0.25) is 0 Å². The van der Waals surface area contributed by atoms with Gasteiger partial charge in [-0.25, -0.2) is 25.8 Å². The molecule has 11 nitrogen and oxygen atoms in total. The molecule has 1 saturated heterocycles. The molecule has 0 radical (unpaired) electrons. The number of rotatable bonds is 10. The highest BCUT2D eigenvalue weighted by Crippen LogP contribution is 2.37. The summed E-state index contributed by atoms with van der Waals surface area (Å²) >= 11 is 0. The van der Waals surface area contributed by atoms with Gasteiger partial charge in [0.05, 0.1) is 18.7 Å². The van der Waals surface area contributed by atoms with Crippen molar-refractivity contribution in [1.82, 2.24) is 30.8 Å². The number of H-pyrrole nitrogens is 1. The van der Waals surface area contributed by atoms with Gasteiger partial charge in [0.15, 0.2) is 17.0 Å². The molecule has 0 amide bonds. The van der Waals surface area contributed by atoms with Crippen LogP contribution in [0.1, 0.15) is 17.5 Å². The Morgan fingerprint density at radius 3 is 2.71 bits per heavy atom. The first-order chi connectivity index (χ1) is 16.4. The molecule has 4 N–H and O–H groups in total. The van der Waals surface area contributed by atoms with Gasteiger partial charge in [-0.2, -0.15) is 0 Å². The summed E-state index contributed by atoms with van der Waals surface area (Å²) in [4.78, 5) is 28.5. The Hall–Kier alpha value is -1.24. The van der Waals surface area contributed by atoms with Crippen LogP contribution in [0, 0.1) is 0 Å². The predicted octanol–water partition coefficient (Wildman–Crippen LogP) is 0.823. The van der Waals surface area contributed by atoms with Crippen molar-refractivity contribution < 1.29 is 19.2 Å². The van der Waals surface area contributed by atoms with E-state index in [4.69, 9.17) is 9.26 Å². The van der Waals surface area contributed by atoms with E-state index in [2.05, 4.69) is 68.3 Å². The molecule has 0 bridgehead atoms. The van der Waals surface area contributed by atoms with Crippen LogP contribution in [-0.2, 0) is 20.5 Å². The molecular formula is C19H27N7O4P4. The minimum absolute atomic E-state index is 0.0986. The molecule has 0 aliphatic carbocycles. The number of imidazole rings is 1. The Balaban J connectivity index is 1.54. The molecule has 3 aromatic rings. The summed E-state index contributed by atoms with van der Waals surface area (Å²) < 4.78 is 13.5. The SMILES string of the molecule is O=C(P)[C@@H](Cc1ccccc1)NNC1C(CO)OC(c2nc3ncnc(N(P)P)c3[nH]2)C1OP. The van der Waals surface area contributed by atoms with Gasteiger partial charge in [-0.15, -0.1) is 0 Å². The summed E-state index contributed by atoms with van der Waals surface area (Å²) in [6.07, 6.45) is 0.137. The number of nitrogens with one attached hydrogen (secondary N) is 3. The third-order valence-corrected chi connectivity index (χ3v) is 6.77. The van der Waals surface area contributed by atoms with Gasteiger partial charge in [0.25, 0.3) is 0 Å². The number of ether oxygens (including phenoxy) is 1. The van der Waals surface area contributed by atoms with Crippen molar-refractivity contribution in [1.29, 1.82) is 0 Å². The van der Waals surface area contributed by atoms with Crippen LogP contribution >= 0.6 is 37.5 Å². The highest BCUT2D eigenvalue weighted by atomic mass is 31.1. The van der Waals surface area contributed by atoms with E-state index < -0.39 is 30.4 Å². The van der Waals surface area contributed by atoms with Gasteiger partial charge in [0.2, 0.25) is 0 Å². The molecule has 34 heavy (non-hydrogen) atoms. The summed E-state index contributed by atoms with van der Waals surface area (Å²) in [6, 6.07) is 8.73. The van der Waals surface area contributed by atoms with Crippen LogP contribution in [0.15, 0.2) is 36.7 Å². The molecule has 1 fully saturated rings. The molecule has 8 unspecified atom stereocenters. The van der Waals surface area contributed by atoms with Gasteiger partial charge in [0, 0.05) is 9.47 Å². The van der Waals surface area contributed by atoms with Crippen molar-refractivity contribution in [3.63, 3.8) is 0 Å². The third-order valence-electron chi connectivity index (χ3n) is 5.56. The van der Waals surface area contributed by atoms with Crippen molar-refractivity contribution in [2.45, 2.75) is 36.8 Å². The summed E-state index contributed by atoms with van der Waals surface area (Å²) in [7, 11) is 9.49. The highest BCUT2D eigenvalue weighted by Gasteiger charge is 2.47. The number of hydrogen-bond acceptors (Lipinski definition) is 10. The lowest BCUT2D eigenvalue weighted by Crippen LogP contribution is -2.56. The molecule has 1 aromatic carbocycles. The number of fused-ring (bicyclic) bond motifs is 1. The Bertz CT molecular complexity index is 1120. The molecule has 3 heterocycles. The second kappa shape index (κ2) is 11.7. The first-order valence-electron chi connectivity index (χ1n) is 10.4. The standard InChI is InChI=1S/C19H27N7O4P4/c27-7-11-12(25-24-10(19(28)31)6-9-4-2-1-3-5-9)14(30-34)15(29-11)17-22-13-16(23-17)20-8-21-18(13)26(32)33/h1-5,8,10-12,14-15,24-25,27H,6-7,31-34H2,(H,20,21,22,23)/t10-,11?,12?,14?,15?/m1/s1. The molecule has 2 aromatic heterocycles. The summed E-state index contributed by atoms with van der Waals surface area (Å²) in [6.45, 7) is -0.255. The molecular weight excluding hydrogens is 514 g/mol. The topological polar surface area (TPSA) is 138 Å². The number of carbonyl (C=O) groups excluding carboxylic acids is 1. The average molecular weight is 541 g/mol. The largest absolute Gasteiger partial charge is 0.394 e. The third kappa shape index (κ3) is 5.60. The number of carbonyl (C=O) groups is 1. The van der Waals surface area contributed by atoms with Crippen LogP contribution in [0.3, 0.4) is 0 Å². The second-order valence-corrected chi connectivity index (χ2v) is 10.3. The van der Waals surface area contributed by atoms with Gasteiger partial charge in [-0.1, -0.05) is 39.6 Å². The van der Waals surface area contributed by atoms with Crippen LogP contribution in [0.5, 0.6) is 0 Å². The van der Waals surface area contributed by atoms with E-state index in [1.807, 2.05) is 30.3 Å². The highest BCUT2D eigenvalue weighted by molar-refractivity contribution is 7.40. The molecule has 0 saturated carbocycles. The zero-order valence-corrected chi connectivity index (χ0v) is 22.7. The number of nitrogens with zero attached hydrogens (tertiary/aromatic N) is 4. The zero-order valence-electron chi connectivity index (χ0n) is 18.0. The summed E-state index contributed by atoms with van der Waals surface area (Å²) in [5, 5.41) is 9.99. The Morgan fingerprint density at radius 1 is 1.29 bits per heavy atom. The minimum Gasteiger partial charge on any atom is -0.394 e. The van der Waals surface area contributed by atoms with Crippen molar-refractivity contribution in [3.05, 3.63) is 48.0 Å². The summed E-state index contributed by atoms with van der Waals surface area (Å²) in [5.41, 5.74) is 8.29. The van der Waals surface area contributed by atoms with Gasteiger partial charge in [-0.05, 0) is 30.8 Å². The number of hydrogen-bond donors (Lipinski definition) is 4. The van der Waals surface area contributed by atoms with E-state index in [0.717, 1.165) is 5.56 Å². The normalized spacial score (nSPS) is 23.3. The Morgan fingerprint density at radius 2 is 2.06 bits per heavy atom. The van der Waals surface area contributed by atoms with Crippen LogP contribution in [0.25, 0.3) is 11.2 Å². The van der Waals surface area contributed by atoms with E-state index in [-0.39, 0.29) is 12.1 Å². The first kappa shape index (κ1) is 25.8. The van der Waals surface area contributed by atoms with E-state index in [9.17, 15) is 9.90 Å².